The van der Waals surface area contributed by atoms with Crippen molar-refractivity contribution >= 4 is 15.9 Å². The quantitative estimate of drug-likeness (QED) is 0.787. The Hall–Kier alpha value is -0.450. The van der Waals surface area contributed by atoms with Crippen LogP contribution in [0, 0.1) is 12.7 Å². The monoisotopic (exact) mass is 329 g/mol. The number of hydrogen-bond acceptors (Lipinski definition) is 2. The molecule has 0 radical (unpaired) electrons. The van der Waals surface area contributed by atoms with E-state index in [0.29, 0.717) is 0 Å². The zero-order valence-electron chi connectivity index (χ0n) is 11.7. The number of alkyl halides is 1. The molecular formula is C15H21BrFNO. The van der Waals surface area contributed by atoms with Crippen molar-refractivity contribution in [3.8, 4) is 0 Å². The van der Waals surface area contributed by atoms with E-state index in [0.717, 1.165) is 30.5 Å². The van der Waals surface area contributed by atoms with Gasteiger partial charge < -0.3 is 4.74 Å². The van der Waals surface area contributed by atoms with Gasteiger partial charge in [-0.3, -0.25) is 4.90 Å². The zero-order valence-corrected chi connectivity index (χ0v) is 13.3. The van der Waals surface area contributed by atoms with Crippen LogP contribution in [-0.4, -0.2) is 35.0 Å². The number of halogens is 2. The van der Waals surface area contributed by atoms with Crippen molar-refractivity contribution in [2.75, 3.05) is 18.4 Å². The van der Waals surface area contributed by atoms with Gasteiger partial charge in [-0.1, -0.05) is 22.0 Å². The van der Waals surface area contributed by atoms with Crippen molar-refractivity contribution in [2.24, 2.45) is 0 Å². The Morgan fingerprint density at radius 2 is 2.21 bits per heavy atom. The molecule has 1 aromatic carbocycles. The summed E-state index contributed by atoms with van der Waals surface area (Å²) in [5.41, 5.74) is 2.07. The third-order valence-electron chi connectivity index (χ3n) is 3.42. The molecule has 1 heterocycles. The molecule has 106 valence electrons. The SMILES string of the molecule is Cc1cc(F)ccc1CN1CC(CBr)OC(C)(C)C1. The van der Waals surface area contributed by atoms with Gasteiger partial charge in [0.2, 0.25) is 0 Å². The first-order valence-electron chi connectivity index (χ1n) is 6.61. The average Bonchev–Trinajstić information content (AvgIpc) is 2.31. The van der Waals surface area contributed by atoms with Crippen LogP contribution < -0.4 is 0 Å². The van der Waals surface area contributed by atoms with Crippen LogP contribution >= 0.6 is 15.9 Å². The van der Waals surface area contributed by atoms with Crippen molar-refractivity contribution in [1.82, 2.24) is 4.90 Å². The van der Waals surface area contributed by atoms with Gasteiger partial charge in [0.05, 0.1) is 11.7 Å². The summed E-state index contributed by atoms with van der Waals surface area (Å²) in [7, 11) is 0. The minimum Gasteiger partial charge on any atom is -0.369 e. The Bertz CT molecular complexity index is 450. The minimum absolute atomic E-state index is 0.134. The molecule has 19 heavy (non-hydrogen) atoms. The second kappa shape index (κ2) is 5.90. The molecule has 2 rings (SSSR count). The summed E-state index contributed by atoms with van der Waals surface area (Å²) < 4.78 is 19.1. The second-order valence-corrected chi connectivity index (χ2v) is 6.54. The molecule has 0 aliphatic carbocycles. The van der Waals surface area contributed by atoms with Gasteiger partial charge in [-0.05, 0) is 44.0 Å². The van der Waals surface area contributed by atoms with Gasteiger partial charge in [0.15, 0.2) is 0 Å². The number of rotatable bonds is 3. The molecule has 0 spiro atoms. The summed E-state index contributed by atoms with van der Waals surface area (Å²) in [4.78, 5) is 2.38. The van der Waals surface area contributed by atoms with E-state index < -0.39 is 0 Å². The van der Waals surface area contributed by atoms with Crippen molar-refractivity contribution in [3.05, 3.63) is 35.1 Å². The maximum atomic E-state index is 13.1. The average molecular weight is 330 g/mol. The lowest BCUT2D eigenvalue weighted by molar-refractivity contribution is -0.128. The standard InChI is InChI=1S/C15H21BrFNO/c1-11-6-13(17)5-4-12(11)8-18-9-14(7-16)19-15(2,3)10-18/h4-6,14H,7-10H2,1-3H3. The summed E-state index contributed by atoms with van der Waals surface area (Å²) in [5.74, 6) is -0.165. The third-order valence-corrected chi connectivity index (χ3v) is 4.14. The molecule has 1 aromatic rings. The maximum absolute atomic E-state index is 13.1. The molecule has 1 fully saturated rings. The van der Waals surface area contributed by atoms with Crippen LogP contribution in [0.2, 0.25) is 0 Å². The Morgan fingerprint density at radius 3 is 2.84 bits per heavy atom. The number of morpholine rings is 1. The van der Waals surface area contributed by atoms with Crippen LogP contribution in [0.4, 0.5) is 4.39 Å². The fourth-order valence-electron chi connectivity index (χ4n) is 2.70. The number of ether oxygens (including phenoxy) is 1. The molecule has 2 nitrogen and oxygen atoms in total. The molecule has 1 unspecified atom stereocenters. The topological polar surface area (TPSA) is 12.5 Å². The first-order chi connectivity index (χ1) is 8.89. The summed E-state index contributed by atoms with van der Waals surface area (Å²) in [5, 5.41) is 0.843. The third kappa shape index (κ3) is 4.01. The van der Waals surface area contributed by atoms with E-state index in [-0.39, 0.29) is 17.5 Å². The normalized spacial score (nSPS) is 23.5. The van der Waals surface area contributed by atoms with Crippen LogP contribution in [0.5, 0.6) is 0 Å². The van der Waals surface area contributed by atoms with E-state index in [4.69, 9.17) is 4.74 Å². The highest BCUT2D eigenvalue weighted by Gasteiger charge is 2.32. The predicted octanol–water partition coefficient (Wildman–Crippen LogP) is 3.51. The molecule has 1 aliphatic heterocycles. The fraction of sp³-hybridized carbons (Fsp3) is 0.600. The molecule has 0 N–H and O–H groups in total. The van der Waals surface area contributed by atoms with Crippen molar-refractivity contribution in [2.45, 2.75) is 39.0 Å². The molecule has 0 amide bonds. The van der Waals surface area contributed by atoms with Crippen molar-refractivity contribution in [3.63, 3.8) is 0 Å². The molecule has 1 atom stereocenters. The molecule has 1 saturated heterocycles. The lowest BCUT2D eigenvalue weighted by Gasteiger charge is -2.42. The van der Waals surface area contributed by atoms with Crippen molar-refractivity contribution in [1.29, 1.82) is 0 Å². The van der Waals surface area contributed by atoms with Crippen molar-refractivity contribution < 1.29 is 9.13 Å². The van der Waals surface area contributed by atoms with Crippen LogP contribution in [0.15, 0.2) is 18.2 Å². The van der Waals surface area contributed by atoms with Crippen LogP contribution in [0.1, 0.15) is 25.0 Å². The summed E-state index contributed by atoms with van der Waals surface area (Å²) in [6.07, 6.45) is 0.213. The fourth-order valence-corrected chi connectivity index (χ4v) is 3.03. The van der Waals surface area contributed by atoms with E-state index in [1.165, 1.54) is 11.6 Å². The van der Waals surface area contributed by atoms with Crippen LogP contribution in [0.3, 0.4) is 0 Å². The second-order valence-electron chi connectivity index (χ2n) is 5.89. The summed E-state index contributed by atoms with van der Waals surface area (Å²) in [6, 6.07) is 5.02. The van der Waals surface area contributed by atoms with Gasteiger partial charge in [0, 0.05) is 25.0 Å². The molecule has 0 bridgehead atoms. The van der Waals surface area contributed by atoms with E-state index in [1.807, 2.05) is 13.0 Å². The first kappa shape index (κ1) is 14.9. The lowest BCUT2D eigenvalue weighted by atomic mass is 10.0. The Kier molecular flexibility index (Phi) is 4.64. The summed E-state index contributed by atoms with van der Waals surface area (Å²) >= 11 is 3.50. The van der Waals surface area contributed by atoms with E-state index >= 15 is 0 Å². The minimum atomic E-state index is -0.165. The van der Waals surface area contributed by atoms with Gasteiger partial charge >= 0.3 is 0 Å². The Balaban J connectivity index is 2.09. The highest BCUT2D eigenvalue weighted by molar-refractivity contribution is 9.09. The number of benzene rings is 1. The number of hydrogen-bond donors (Lipinski definition) is 0. The van der Waals surface area contributed by atoms with E-state index in [9.17, 15) is 4.39 Å². The van der Waals surface area contributed by atoms with E-state index in [2.05, 4.69) is 34.7 Å². The molecular weight excluding hydrogens is 309 g/mol. The van der Waals surface area contributed by atoms with Gasteiger partial charge in [0.25, 0.3) is 0 Å². The zero-order chi connectivity index (χ0) is 14.0. The molecule has 0 aromatic heterocycles. The van der Waals surface area contributed by atoms with Gasteiger partial charge in [-0.15, -0.1) is 0 Å². The smallest absolute Gasteiger partial charge is 0.123 e. The predicted molar refractivity (Wildman–Crippen MR) is 79.2 cm³/mol. The maximum Gasteiger partial charge on any atom is 0.123 e. The largest absolute Gasteiger partial charge is 0.369 e. The molecule has 4 heteroatoms. The lowest BCUT2D eigenvalue weighted by Crippen LogP contribution is -2.52. The van der Waals surface area contributed by atoms with Gasteiger partial charge in [-0.25, -0.2) is 4.39 Å². The number of aryl methyl sites for hydroxylation is 1. The Labute approximate surface area is 123 Å². The highest BCUT2D eigenvalue weighted by Crippen LogP contribution is 2.24. The number of nitrogens with zero attached hydrogens (tertiary/aromatic N) is 1. The van der Waals surface area contributed by atoms with Gasteiger partial charge in [-0.2, -0.15) is 0 Å². The van der Waals surface area contributed by atoms with Gasteiger partial charge in [0.1, 0.15) is 5.82 Å². The van der Waals surface area contributed by atoms with E-state index in [1.54, 1.807) is 6.07 Å². The Morgan fingerprint density at radius 1 is 1.47 bits per heavy atom. The molecule has 0 saturated carbocycles. The van der Waals surface area contributed by atoms with Crippen LogP contribution in [0.25, 0.3) is 0 Å². The summed E-state index contributed by atoms with van der Waals surface area (Å²) in [6.45, 7) is 8.85. The van der Waals surface area contributed by atoms with Crippen LogP contribution in [-0.2, 0) is 11.3 Å². The first-order valence-corrected chi connectivity index (χ1v) is 7.73. The molecule has 1 aliphatic rings. The highest BCUT2D eigenvalue weighted by atomic mass is 79.9.